The number of Topliss-reactive ketones (excluding diaryl/α,β-unsaturated/α-hetero) is 1. The lowest BCUT2D eigenvalue weighted by molar-refractivity contribution is -0.147. The van der Waals surface area contributed by atoms with Gasteiger partial charge in [-0.25, -0.2) is 0 Å². The summed E-state index contributed by atoms with van der Waals surface area (Å²) in [6.45, 7) is 5.81. The van der Waals surface area contributed by atoms with E-state index in [9.17, 15) is 14.7 Å². The van der Waals surface area contributed by atoms with Crippen LogP contribution in [-0.2, 0) is 11.2 Å². The third-order valence-corrected chi connectivity index (χ3v) is 9.45. The summed E-state index contributed by atoms with van der Waals surface area (Å²) in [5.41, 5.74) is 5.33. The van der Waals surface area contributed by atoms with Crippen molar-refractivity contribution in [1.29, 1.82) is 0 Å². The molecule has 1 aromatic carbocycles. The van der Waals surface area contributed by atoms with Crippen LogP contribution in [0.2, 0.25) is 0 Å². The van der Waals surface area contributed by atoms with E-state index in [4.69, 9.17) is 4.74 Å². The fraction of sp³-hybridized carbons (Fsp3) is 0.516. The number of hydrogen-bond donors (Lipinski definition) is 1. The first kappa shape index (κ1) is 24.7. The summed E-state index contributed by atoms with van der Waals surface area (Å²) < 4.78 is 5.44. The third-order valence-electron chi connectivity index (χ3n) is 9.45. The van der Waals surface area contributed by atoms with E-state index in [2.05, 4.69) is 36.2 Å². The Morgan fingerprint density at radius 3 is 2.75 bits per heavy atom. The Bertz CT molecular complexity index is 1230. The molecule has 1 heterocycles. The van der Waals surface area contributed by atoms with Gasteiger partial charge in [-0.2, -0.15) is 0 Å². The Morgan fingerprint density at radius 1 is 1.19 bits per heavy atom. The van der Waals surface area contributed by atoms with Crippen LogP contribution in [0.4, 0.5) is 0 Å². The molecule has 5 rings (SSSR count). The number of carboxylic acid groups (broad SMARTS) is 1. The number of carboxylic acids is 1. The highest BCUT2D eigenvalue weighted by atomic mass is 16.5. The van der Waals surface area contributed by atoms with Gasteiger partial charge in [-0.05, 0) is 110 Å². The van der Waals surface area contributed by atoms with Crippen LogP contribution in [0, 0.1) is 22.7 Å². The molecule has 0 aliphatic heterocycles. The standard InChI is InChI=1S/C31H37NO4/c1-30(2,29(34)35)13-12-28(33)20-6-7-23-19(15-20)5-8-25-24(23)11-14-31(3)26(9-10-27(25)31)21-16-22(36-4)18-32-17-21/h6-7,9,15-18,24-25,27H,5,8,10-14H2,1-4H3,(H,34,35)/t24-,25-,27+,31-/m1/s1. The zero-order valence-electron chi connectivity index (χ0n) is 21.8. The number of carbonyl (C=O) groups excluding carboxylic acids is 1. The van der Waals surface area contributed by atoms with Crippen molar-refractivity contribution < 1.29 is 19.4 Å². The topological polar surface area (TPSA) is 76.5 Å². The highest BCUT2D eigenvalue weighted by Crippen LogP contribution is 2.63. The van der Waals surface area contributed by atoms with E-state index < -0.39 is 11.4 Å². The minimum absolute atomic E-state index is 0.0435. The molecule has 0 spiro atoms. The molecule has 0 amide bonds. The molecule has 0 bridgehead atoms. The fourth-order valence-corrected chi connectivity index (χ4v) is 7.13. The van der Waals surface area contributed by atoms with E-state index in [1.807, 2.05) is 12.3 Å². The van der Waals surface area contributed by atoms with Crippen molar-refractivity contribution in [3.63, 3.8) is 0 Å². The zero-order chi connectivity index (χ0) is 25.7. The Balaban J connectivity index is 1.33. The zero-order valence-corrected chi connectivity index (χ0v) is 21.8. The molecular formula is C31H37NO4. The number of aryl methyl sites for hydroxylation is 1. The summed E-state index contributed by atoms with van der Waals surface area (Å²) in [5.74, 6) is 1.78. The minimum Gasteiger partial charge on any atom is -0.495 e. The molecule has 190 valence electrons. The summed E-state index contributed by atoms with van der Waals surface area (Å²) in [6.07, 6.45) is 12.3. The lowest BCUT2D eigenvalue weighted by Crippen LogP contribution is -2.41. The first-order chi connectivity index (χ1) is 17.1. The molecule has 4 atom stereocenters. The molecule has 3 aliphatic carbocycles. The van der Waals surface area contributed by atoms with Crippen LogP contribution in [0.15, 0.2) is 42.7 Å². The monoisotopic (exact) mass is 487 g/mol. The summed E-state index contributed by atoms with van der Waals surface area (Å²) in [5, 5.41) is 9.36. The van der Waals surface area contributed by atoms with Crippen molar-refractivity contribution in [2.75, 3.05) is 7.11 Å². The molecule has 1 fully saturated rings. The van der Waals surface area contributed by atoms with E-state index in [1.165, 1.54) is 22.3 Å². The molecule has 3 aliphatic rings. The van der Waals surface area contributed by atoms with Crippen molar-refractivity contribution in [3.05, 3.63) is 65.0 Å². The molecule has 1 saturated carbocycles. The van der Waals surface area contributed by atoms with Crippen LogP contribution in [0.25, 0.3) is 5.57 Å². The van der Waals surface area contributed by atoms with Crippen molar-refractivity contribution in [1.82, 2.24) is 4.98 Å². The first-order valence-corrected chi connectivity index (χ1v) is 13.2. The molecular weight excluding hydrogens is 450 g/mol. The second kappa shape index (κ2) is 9.17. The van der Waals surface area contributed by atoms with Gasteiger partial charge < -0.3 is 9.84 Å². The number of pyridine rings is 1. The molecule has 1 aromatic heterocycles. The van der Waals surface area contributed by atoms with Crippen molar-refractivity contribution in [2.24, 2.45) is 22.7 Å². The quantitative estimate of drug-likeness (QED) is 0.439. The van der Waals surface area contributed by atoms with E-state index in [0.717, 1.165) is 43.4 Å². The highest BCUT2D eigenvalue weighted by molar-refractivity contribution is 5.96. The predicted molar refractivity (Wildman–Crippen MR) is 140 cm³/mol. The molecule has 5 nitrogen and oxygen atoms in total. The summed E-state index contributed by atoms with van der Waals surface area (Å²) >= 11 is 0. The lowest BCUT2D eigenvalue weighted by atomic mass is 9.54. The van der Waals surface area contributed by atoms with E-state index in [0.29, 0.717) is 24.2 Å². The number of fused-ring (bicyclic) bond motifs is 5. The van der Waals surface area contributed by atoms with E-state index in [-0.39, 0.29) is 17.6 Å². The number of ketones is 1. The number of methoxy groups -OCH3 is 1. The van der Waals surface area contributed by atoms with E-state index >= 15 is 0 Å². The van der Waals surface area contributed by atoms with Crippen LogP contribution >= 0.6 is 0 Å². The van der Waals surface area contributed by atoms with Gasteiger partial charge in [0, 0.05) is 18.2 Å². The number of aromatic nitrogens is 1. The third kappa shape index (κ3) is 4.16. The van der Waals surface area contributed by atoms with Crippen LogP contribution in [0.3, 0.4) is 0 Å². The van der Waals surface area contributed by atoms with Gasteiger partial charge in [0.1, 0.15) is 5.75 Å². The summed E-state index contributed by atoms with van der Waals surface area (Å²) in [6, 6.07) is 8.38. The summed E-state index contributed by atoms with van der Waals surface area (Å²) in [4.78, 5) is 28.7. The van der Waals surface area contributed by atoms with Crippen molar-refractivity contribution in [2.45, 2.75) is 71.6 Å². The van der Waals surface area contributed by atoms with Gasteiger partial charge in [0.2, 0.25) is 0 Å². The van der Waals surface area contributed by atoms with Gasteiger partial charge in [0.15, 0.2) is 5.78 Å². The smallest absolute Gasteiger partial charge is 0.309 e. The maximum absolute atomic E-state index is 12.9. The Hall–Kier alpha value is -2.95. The number of allylic oxidation sites excluding steroid dienone is 2. The molecule has 5 heteroatoms. The Kier molecular flexibility index (Phi) is 6.30. The first-order valence-electron chi connectivity index (χ1n) is 13.2. The van der Waals surface area contributed by atoms with Crippen molar-refractivity contribution in [3.8, 4) is 5.75 Å². The number of benzene rings is 1. The Morgan fingerprint density at radius 2 is 2.00 bits per heavy atom. The maximum Gasteiger partial charge on any atom is 0.309 e. The molecule has 1 N–H and O–H groups in total. The molecule has 2 aromatic rings. The number of hydrogen-bond acceptors (Lipinski definition) is 4. The number of ether oxygens (including phenoxy) is 1. The number of nitrogens with zero attached hydrogens (tertiary/aromatic N) is 1. The van der Waals surface area contributed by atoms with Crippen molar-refractivity contribution >= 4 is 17.3 Å². The fourth-order valence-electron chi connectivity index (χ4n) is 7.13. The highest BCUT2D eigenvalue weighted by Gasteiger charge is 2.52. The summed E-state index contributed by atoms with van der Waals surface area (Å²) in [7, 11) is 1.69. The number of rotatable bonds is 7. The van der Waals surface area contributed by atoms with Gasteiger partial charge in [0.05, 0.1) is 18.7 Å². The predicted octanol–water partition coefficient (Wildman–Crippen LogP) is 6.71. The van der Waals surface area contributed by atoms with Gasteiger partial charge in [-0.15, -0.1) is 0 Å². The maximum atomic E-state index is 12.9. The number of carbonyl (C=O) groups is 2. The van der Waals surface area contributed by atoms with Crippen LogP contribution < -0.4 is 4.74 Å². The largest absolute Gasteiger partial charge is 0.495 e. The molecule has 0 unspecified atom stereocenters. The minimum atomic E-state index is -0.888. The van der Waals surface area contributed by atoms with Gasteiger partial charge in [-0.1, -0.05) is 25.1 Å². The normalized spacial score (nSPS) is 26.9. The van der Waals surface area contributed by atoms with Crippen LogP contribution in [-0.4, -0.2) is 29.0 Å². The van der Waals surface area contributed by atoms with Gasteiger partial charge in [0.25, 0.3) is 0 Å². The molecule has 36 heavy (non-hydrogen) atoms. The number of aliphatic carboxylic acids is 1. The average molecular weight is 488 g/mol. The Labute approximate surface area is 214 Å². The average Bonchev–Trinajstić information content (AvgIpc) is 3.24. The van der Waals surface area contributed by atoms with Gasteiger partial charge in [-0.3, -0.25) is 14.6 Å². The SMILES string of the molecule is COc1cncc(C2=CC[C@H]3[C@@H]4CCc5cc(C(=O)CCC(C)(C)C(=O)O)ccc5[C@H]4CC[C@]23C)c1. The van der Waals surface area contributed by atoms with Crippen LogP contribution in [0.5, 0.6) is 5.75 Å². The second-order valence-corrected chi connectivity index (χ2v) is 11.9. The van der Waals surface area contributed by atoms with Crippen LogP contribution in [0.1, 0.15) is 92.3 Å². The van der Waals surface area contributed by atoms with Gasteiger partial charge >= 0.3 is 5.97 Å². The second-order valence-electron chi connectivity index (χ2n) is 11.9. The molecule has 0 saturated heterocycles. The molecule has 0 radical (unpaired) electrons. The lowest BCUT2D eigenvalue weighted by Gasteiger charge is -2.50. The van der Waals surface area contributed by atoms with E-state index in [1.54, 1.807) is 27.2 Å².